The molecule has 1 fully saturated rings. The number of benzene rings is 1. The van der Waals surface area contributed by atoms with Gasteiger partial charge < -0.3 is 4.90 Å². The first-order chi connectivity index (χ1) is 12.8. The van der Waals surface area contributed by atoms with Crippen molar-refractivity contribution in [3.63, 3.8) is 0 Å². The first-order valence-corrected chi connectivity index (χ1v) is 11.1. The summed E-state index contributed by atoms with van der Waals surface area (Å²) in [5.74, 6) is -0.0984. The van der Waals surface area contributed by atoms with Crippen LogP contribution in [0.25, 0.3) is 0 Å². The molecule has 0 saturated carbocycles. The third-order valence-corrected chi connectivity index (χ3v) is 7.13. The van der Waals surface area contributed by atoms with Crippen LogP contribution in [0.3, 0.4) is 0 Å². The van der Waals surface area contributed by atoms with E-state index in [1.165, 1.54) is 12.1 Å². The van der Waals surface area contributed by atoms with Crippen molar-refractivity contribution in [1.82, 2.24) is 9.88 Å². The van der Waals surface area contributed by atoms with Crippen molar-refractivity contribution in [1.29, 1.82) is 0 Å². The van der Waals surface area contributed by atoms with E-state index in [0.717, 1.165) is 12.8 Å². The van der Waals surface area contributed by atoms with E-state index in [9.17, 15) is 13.2 Å². The fourth-order valence-electron chi connectivity index (χ4n) is 3.26. The van der Waals surface area contributed by atoms with Crippen LogP contribution >= 0.6 is 23.2 Å². The highest BCUT2D eigenvalue weighted by Crippen LogP contribution is 2.31. The molecule has 27 heavy (non-hydrogen) atoms. The number of piperidine rings is 1. The molecule has 0 aliphatic carbocycles. The molecule has 0 spiro atoms. The number of carbonyl (C=O) groups is 1. The largest absolute Gasteiger partial charge is 0.337 e. The average molecular weight is 427 g/mol. The van der Waals surface area contributed by atoms with Gasteiger partial charge in [0.05, 0.1) is 21.5 Å². The van der Waals surface area contributed by atoms with Crippen molar-refractivity contribution in [2.75, 3.05) is 13.1 Å². The average Bonchev–Trinajstić information content (AvgIpc) is 2.60. The van der Waals surface area contributed by atoms with Crippen molar-refractivity contribution < 1.29 is 13.2 Å². The zero-order valence-electron chi connectivity index (χ0n) is 14.9. The maximum absolute atomic E-state index is 12.8. The minimum atomic E-state index is -3.80. The molecule has 1 aliphatic rings. The summed E-state index contributed by atoms with van der Waals surface area (Å²) in [7, 11) is -3.80. The first kappa shape index (κ1) is 20.1. The molecule has 1 amide bonds. The highest BCUT2D eigenvalue weighted by Gasteiger charge is 2.25. The van der Waals surface area contributed by atoms with Gasteiger partial charge in [0.15, 0.2) is 9.84 Å². The minimum absolute atomic E-state index is 0.0667. The van der Waals surface area contributed by atoms with E-state index in [1.807, 2.05) is 0 Å². The van der Waals surface area contributed by atoms with E-state index in [4.69, 9.17) is 23.2 Å². The number of hydrogen-bond donors (Lipinski definition) is 0. The molecule has 5 nitrogen and oxygen atoms in total. The molecule has 8 heteroatoms. The summed E-state index contributed by atoms with van der Waals surface area (Å²) in [6, 6.07) is 9.38. The molecule has 1 unspecified atom stereocenters. The Hall–Kier alpha value is -1.63. The molecular weight excluding hydrogens is 407 g/mol. The van der Waals surface area contributed by atoms with Crippen LogP contribution in [0.5, 0.6) is 0 Å². The molecule has 3 rings (SSSR count). The number of aromatic nitrogens is 1. The first-order valence-electron chi connectivity index (χ1n) is 8.70. The molecule has 0 bridgehead atoms. The SMILES string of the molecule is CC1CCCN(C(=O)c2cccc(CS(=O)(=O)c3c(Cl)cccc3Cl)n2)C1. The Morgan fingerprint density at radius 1 is 1.19 bits per heavy atom. The standard InChI is InChI=1S/C19H20Cl2N2O3S/c1-13-5-4-10-23(11-13)19(24)17-9-2-6-14(22-17)12-27(25,26)18-15(20)7-3-8-16(18)21/h2-3,6-9,13H,4-5,10-12H2,1H3. The van der Waals surface area contributed by atoms with Gasteiger partial charge in [-0.25, -0.2) is 13.4 Å². The van der Waals surface area contributed by atoms with Crippen LogP contribution in [-0.2, 0) is 15.6 Å². The molecule has 1 atom stereocenters. The Labute approximate surface area is 169 Å². The van der Waals surface area contributed by atoms with Crippen LogP contribution in [0, 0.1) is 5.92 Å². The van der Waals surface area contributed by atoms with Crippen LogP contribution in [0.2, 0.25) is 10.0 Å². The summed E-state index contributed by atoms with van der Waals surface area (Å²) >= 11 is 12.1. The number of sulfone groups is 1. The second kappa shape index (κ2) is 8.17. The molecule has 144 valence electrons. The topological polar surface area (TPSA) is 67.3 Å². The van der Waals surface area contributed by atoms with Crippen molar-refractivity contribution in [2.45, 2.75) is 30.4 Å². The number of nitrogens with zero attached hydrogens (tertiary/aromatic N) is 2. The molecule has 1 aliphatic heterocycles. The quantitative estimate of drug-likeness (QED) is 0.732. The predicted molar refractivity (Wildman–Crippen MR) is 106 cm³/mol. The molecule has 0 radical (unpaired) electrons. The summed E-state index contributed by atoms with van der Waals surface area (Å²) in [5.41, 5.74) is 0.531. The van der Waals surface area contributed by atoms with E-state index in [0.29, 0.717) is 19.0 Å². The lowest BCUT2D eigenvalue weighted by Crippen LogP contribution is -2.39. The van der Waals surface area contributed by atoms with Gasteiger partial charge in [0, 0.05) is 13.1 Å². The lowest BCUT2D eigenvalue weighted by molar-refractivity contribution is 0.0677. The molecule has 1 aromatic carbocycles. The van der Waals surface area contributed by atoms with Gasteiger partial charge in [0.1, 0.15) is 10.6 Å². The normalized spacial score (nSPS) is 17.7. The predicted octanol–water partition coefficient (Wildman–Crippen LogP) is 4.23. The number of amides is 1. The Morgan fingerprint density at radius 2 is 1.85 bits per heavy atom. The second-order valence-corrected chi connectivity index (χ2v) is 9.56. The monoisotopic (exact) mass is 426 g/mol. The summed E-state index contributed by atoms with van der Waals surface area (Å²) in [5, 5.41) is 0.133. The Morgan fingerprint density at radius 3 is 2.52 bits per heavy atom. The number of carbonyl (C=O) groups excluding carboxylic acids is 1. The lowest BCUT2D eigenvalue weighted by Gasteiger charge is -2.30. The van der Waals surface area contributed by atoms with Gasteiger partial charge in [0.2, 0.25) is 0 Å². The number of hydrogen-bond acceptors (Lipinski definition) is 4. The molecule has 2 heterocycles. The Balaban J connectivity index is 1.84. The molecule has 2 aromatic rings. The van der Waals surface area contributed by atoms with Gasteiger partial charge in [-0.15, -0.1) is 0 Å². The second-order valence-electron chi connectivity index (χ2n) is 6.82. The zero-order chi connectivity index (χ0) is 19.6. The number of rotatable bonds is 4. The van der Waals surface area contributed by atoms with Crippen molar-refractivity contribution >= 4 is 38.9 Å². The van der Waals surface area contributed by atoms with Crippen molar-refractivity contribution in [3.8, 4) is 0 Å². The van der Waals surface area contributed by atoms with Gasteiger partial charge in [-0.05, 0) is 43.0 Å². The summed E-state index contributed by atoms with van der Waals surface area (Å²) in [4.78, 5) is 18.7. The Bertz CT molecular complexity index is 943. The van der Waals surface area contributed by atoms with Gasteiger partial charge in [-0.3, -0.25) is 4.79 Å². The minimum Gasteiger partial charge on any atom is -0.337 e. The fraction of sp³-hybridized carbons (Fsp3) is 0.368. The molecule has 0 N–H and O–H groups in total. The fourth-order valence-corrected chi connectivity index (χ4v) is 5.79. The van der Waals surface area contributed by atoms with Crippen molar-refractivity contribution in [3.05, 3.63) is 57.8 Å². The van der Waals surface area contributed by atoms with Gasteiger partial charge in [-0.1, -0.05) is 42.3 Å². The van der Waals surface area contributed by atoms with E-state index < -0.39 is 9.84 Å². The molecule has 1 saturated heterocycles. The van der Waals surface area contributed by atoms with Crippen molar-refractivity contribution in [2.24, 2.45) is 5.92 Å². The lowest BCUT2D eigenvalue weighted by atomic mass is 10.00. The van der Waals surface area contributed by atoms with E-state index in [1.54, 1.807) is 29.2 Å². The summed E-state index contributed by atoms with van der Waals surface area (Å²) < 4.78 is 25.5. The highest BCUT2D eigenvalue weighted by molar-refractivity contribution is 7.90. The maximum atomic E-state index is 12.8. The van der Waals surface area contributed by atoms with Crippen LogP contribution in [-0.4, -0.2) is 37.3 Å². The Kier molecular flexibility index (Phi) is 6.08. The summed E-state index contributed by atoms with van der Waals surface area (Å²) in [6.45, 7) is 3.50. The molecule has 1 aromatic heterocycles. The van der Waals surface area contributed by atoms with E-state index >= 15 is 0 Å². The van der Waals surface area contributed by atoms with E-state index in [-0.39, 0.29) is 38.0 Å². The summed E-state index contributed by atoms with van der Waals surface area (Å²) in [6.07, 6.45) is 2.07. The number of halogens is 2. The van der Waals surface area contributed by atoms with Gasteiger partial charge in [-0.2, -0.15) is 0 Å². The zero-order valence-corrected chi connectivity index (χ0v) is 17.2. The highest BCUT2D eigenvalue weighted by atomic mass is 35.5. The smallest absolute Gasteiger partial charge is 0.272 e. The molecular formula is C19H20Cl2N2O3S. The third-order valence-electron chi connectivity index (χ3n) is 4.54. The van der Waals surface area contributed by atoms with Gasteiger partial charge >= 0.3 is 0 Å². The van der Waals surface area contributed by atoms with Crippen LogP contribution in [0.4, 0.5) is 0 Å². The van der Waals surface area contributed by atoms with Gasteiger partial charge in [0.25, 0.3) is 5.91 Å². The maximum Gasteiger partial charge on any atom is 0.272 e. The number of likely N-dealkylation sites (tertiary alicyclic amines) is 1. The van der Waals surface area contributed by atoms with E-state index in [2.05, 4.69) is 11.9 Å². The third kappa shape index (κ3) is 4.62. The van der Waals surface area contributed by atoms with Crippen LogP contribution in [0.1, 0.15) is 35.9 Å². The number of pyridine rings is 1. The van der Waals surface area contributed by atoms with Crippen LogP contribution < -0.4 is 0 Å². The van der Waals surface area contributed by atoms with Crippen LogP contribution in [0.15, 0.2) is 41.3 Å².